The molecule has 1 unspecified atom stereocenters. The summed E-state index contributed by atoms with van der Waals surface area (Å²) in [6, 6.07) is 9.77. The number of thiazole rings is 1. The summed E-state index contributed by atoms with van der Waals surface area (Å²) in [6.45, 7) is 13.5. The number of nitrogens with zero attached hydrogens (tertiary/aromatic N) is 4. The summed E-state index contributed by atoms with van der Waals surface area (Å²) < 4.78 is 0. The number of aromatic nitrogens is 3. The van der Waals surface area contributed by atoms with Gasteiger partial charge in [0.2, 0.25) is 11.9 Å². The van der Waals surface area contributed by atoms with Gasteiger partial charge in [0.25, 0.3) is 0 Å². The fourth-order valence-electron chi connectivity index (χ4n) is 5.83. The summed E-state index contributed by atoms with van der Waals surface area (Å²) in [7, 11) is 0. The summed E-state index contributed by atoms with van der Waals surface area (Å²) in [5.74, 6) is 1.52. The maximum absolute atomic E-state index is 13.2. The number of hydrogen-bond donors (Lipinski definition) is 1. The third-order valence-corrected chi connectivity index (χ3v) is 9.26. The molecule has 40 heavy (non-hydrogen) atoms. The topological polar surface area (TPSA) is 88.1 Å². The summed E-state index contributed by atoms with van der Waals surface area (Å²) >= 11 is 1.62. The third kappa shape index (κ3) is 6.22. The van der Waals surface area contributed by atoms with Gasteiger partial charge in [-0.25, -0.2) is 15.0 Å². The molecule has 0 bridgehead atoms. The molecule has 1 aliphatic heterocycles. The van der Waals surface area contributed by atoms with Crippen molar-refractivity contribution in [1.29, 1.82) is 0 Å². The third-order valence-electron chi connectivity index (χ3n) is 8.17. The number of carbonyl (C=O) groups is 2. The smallest absolute Gasteiger partial charge is 0.227 e. The number of ketones is 1. The first kappa shape index (κ1) is 27.9. The lowest BCUT2D eigenvalue weighted by atomic mass is 9.73. The van der Waals surface area contributed by atoms with Gasteiger partial charge in [0, 0.05) is 31.4 Å². The number of piperidine rings is 1. The largest absolute Gasteiger partial charge is 0.342 e. The van der Waals surface area contributed by atoms with Gasteiger partial charge in [-0.05, 0) is 88.1 Å². The fraction of sp³-hybridized carbons (Fsp3) is 0.406. The number of rotatable bonds is 7. The molecule has 1 saturated heterocycles. The molecule has 1 aromatic carbocycles. The van der Waals surface area contributed by atoms with E-state index in [1.54, 1.807) is 17.5 Å². The number of allylic oxidation sites excluding steroid dienone is 3. The molecule has 2 aromatic heterocycles. The Morgan fingerprint density at radius 3 is 2.60 bits per heavy atom. The van der Waals surface area contributed by atoms with Crippen molar-refractivity contribution in [2.24, 2.45) is 11.8 Å². The Bertz CT molecular complexity index is 1480. The minimum Gasteiger partial charge on any atom is -0.342 e. The van der Waals surface area contributed by atoms with Crippen LogP contribution < -0.4 is 5.32 Å². The SMILES string of the molecule is C=C(C)C1CC(=O)C(C)=C(C2CCN(C(=O)Cc3cccc(Nc4nccc(-c5sc(C)nc5C)n4)c3)CC2)C1. The Labute approximate surface area is 240 Å². The van der Waals surface area contributed by atoms with Gasteiger partial charge >= 0.3 is 0 Å². The molecular formula is C32H37N5O2S. The van der Waals surface area contributed by atoms with Crippen molar-refractivity contribution < 1.29 is 9.59 Å². The van der Waals surface area contributed by atoms with Crippen LogP contribution in [0.15, 0.2) is 59.8 Å². The van der Waals surface area contributed by atoms with E-state index in [2.05, 4.69) is 26.8 Å². The predicted molar refractivity (Wildman–Crippen MR) is 161 cm³/mol. The molecule has 5 rings (SSSR count). The Kier molecular flexibility index (Phi) is 8.26. The second-order valence-corrected chi connectivity index (χ2v) is 12.3. The van der Waals surface area contributed by atoms with Crippen LogP contribution in [0.25, 0.3) is 10.6 Å². The Morgan fingerprint density at radius 1 is 1.12 bits per heavy atom. The van der Waals surface area contributed by atoms with Gasteiger partial charge in [0.1, 0.15) is 0 Å². The number of Topliss-reactive ketones (excluding diaryl/α,β-unsaturated/α-hetero) is 1. The minimum absolute atomic E-state index is 0.134. The molecule has 0 spiro atoms. The quantitative estimate of drug-likeness (QED) is 0.330. The summed E-state index contributed by atoms with van der Waals surface area (Å²) in [5, 5.41) is 4.30. The van der Waals surface area contributed by atoms with Gasteiger partial charge in [-0.15, -0.1) is 11.3 Å². The van der Waals surface area contributed by atoms with Crippen LogP contribution in [-0.2, 0) is 16.0 Å². The Balaban J connectivity index is 1.19. The van der Waals surface area contributed by atoms with Crippen LogP contribution in [-0.4, -0.2) is 44.6 Å². The van der Waals surface area contributed by atoms with Crippen molar-refractivity contribution in [2.45, 2.75) is 59.8 Å². The van der Waals surface area contributed by atoms with Crippen molar-refractivity contribution in [3.8, 4) is 10.6 Å². The van der Waals surface area contributed by atoms with E-state index < -0.39 is 0 Å². The van der Waals surface area contributed by atoms with E-state index in [1.165, 1.54) is 5.57 Å². The highest BCUT2D eigenvalue weighted by atomic mass is 32.1. The molecule has 1 aliphatic carbocycles. The van der Waals surface area contributed by atoms with Crippen molar-refractivity contribution in [3.63, 3.8) is 0 Å². The van der Waals surface area contributed by atoms with Gasteiger partial charge in [-0.2, -0.15) is 0 Å². The lowest BCUT2D eigenvalue weighted by Crippen LogP contribution is -2.40. The predicted octanol–water partition coefficient (Wildman–Crippen LogP) is 6.61. The first-order valence-corrected chi connectivity index (χ1v) is 14.8. The molecule has 2 aliphatic rings. The van der Waals surface area contributed by atoms with Crippen molar-refractivity contribution in [2.75, 3.05) is 18.4 Å². The number of likely N-dealkylation sites (tertiary alicyclic amines) is 1. The highest BCUT2D eigenvalue weighted by Gasteiger charge is 2.32. The van der Waals surface area contributed by atoms with Gasteiger partial charge < -0.3 is 10.2 Å². The van der Waals surface area contributed by atoms with Gasteiger partial charge in [0.15, 0.2) is 5.78 Å². The molecule has 1 amide bonds. The van der Waals surface area contributed by atoms with E-state index in [4.69, 9.17) is 0 Å². The molecule has 8 heteroatoms. The second kappa shape index (κ2) is 11.8. The first-order valence-electron chi connectivity index (χ1n) is 14.0. The van der Waals surface area contributed by atoms with Gasteiger partial charge in [0.05, 0.1) is 27.7 Å². The van der Waals surface area contributed by atoms with Crippen LogP contribution in [0.2, 0.25) is 0 Å². The van der Waals surface area contributed by atoms with Gasteiger partial charge in [-0.3, -0.25) is 9.59 Å². The van der Waals surface area contributed by atoms with Crippen LogP contribution in [0, 0.1) is 25.7 Å². The van der Waals surface area contributed by atoms with Crippen LogP contribution in [0.3, 0.4) is 0 Å². The van der Waals surface area contributed by atoms with E-state index >= 15 is 0 Å². The molecular weight excluding hydrogens is 518 g/mol. The molecule has 3 aromatic rings. The molecule has 3 heterocycles. The fourth-order valence-corrected chi connectivity index (χ4v) is 6.72. The molecule has 0 radical (unpaired) electrons. The zero-order valence-electron chi connectivity index (χ0n) is 23.8. The van der Waals surface area contributed by atoms with E-state index in [9.17, 15) is 9.59 Å². The maximum Gasteiger partial charge on any atom is 0.227 e. The molecule has 1 atom stereocenters. The number of benzene rings is 1. The lowest BCUT2D eigenvalue weighted by Gasteiger charge is -2.36. The molecule has 7 nitrogen and oxygen atoms in total. The number of aryl methyl sites for hydroxylation is 2. The molecule has 1 N–H and O–H groups in total. The van der Waals surface area contributed by atoms with E-state index in [1.807, 2.05) is 62.9 Å². The maximum atomic E-state index is 13.2. The monoisotopic (exact) mass is 555 g/mol. The Hall–Kier alpha value is -3.65. The number of hydrogen-bond acceptors (Lipinski definition) is 7. The van der Waals surface area contributed by atoms with Crippen LogP contribution in [0.1, 0.15) is 55.8 Å². The number of anilines is 2. The van der Waals surface area contributed by atoms with Crippen LogP contribution >= 0.6 is 11.3 Å². The minimum atomic E-state index is 0.134. The normalized spacial score (nSPS) is 18.2. The van der Waals surface area contributed by atoms with Crippen LogP contribution in [0.5, 0.6) is 0 Å². The number of amides is 1. The average Bonchev–Trinajstić information content (AvgIpc) is 3.28. The van der Waals surface area contributed by atoms with Crippen molar-refractivity contribution >= 4 is 34.7 Å². The Morgan fingerprint density at radius 2 is 1.90 bits per heavy atom. The number of nitrogens with one attached hydrogen (secondary N) is 1. The first-order chi connectivity index (χ1) is 19.2. The lowest BCUT2D eigenvalue weighted by molar-refractivity contribution is -0.131. The number of carbonyl (C=O) groups excluding carboxylic acids is 2. The summed E-state index contributed by atoms with van der Waals surface area (Å²) in [4.78, 5) is 42.4. The van der Waals surface area contributed by atoms with E-state index in [-0.39, 0.29) is 17.6 Å². The standard InChI is InChI=1S/C32H37N5O2S/c1-19(2)25-17-27(20(3)29(38)18-25)24-10-13-37(14-11-24)30(39)16-23-7-6-8-26(15-23)35-32-33-12-9-28(36-32)31-21(4)34-22(5)40-31/h6-9,12,15,24-25H,1,10-11,13-14,16-18H2,2-5H3,(H,33,35,36). The summed E-state index contributed by atoms with van der Waals surface area (Å²) in [6.07, 6.45) is 5.42. The highest BCUT2D eigenvalue weighted by Crippen LogP contribution is 2.38. The van der Waals surface area contributed by atoms with E-state index in [0.29, 0.717) is 24.7 Å². The average molecular weight is 556 g/mol. The highest BCUT2D eigenvalue weighted by molar-refractivity contribution is 7.15. The van der Waals surface area contributed by atoms with Crippen molar-refractivity contribution in [1.82, 2.24) is 19.9 Å². The summed E-state index contributed by atoms with van der Waals surface area (Å²) in [5.41, 5.74) is 6.92. The van der Waals surface area contributed by atoms with Crippen LogP contribution in [0.4, 0.5) is 11.6 Å². The second-order valence-electron chi connectivity index (χ2n) is 11.1. The zero-order valence-corrected chi connectivity index (χ0v) is 24.6. The molecule has 1 fully saturated rings. The molecule has 208 valence electrons. The molecule has 0 saturated carbocycles. The van der Waals surface area contributed by atoms with Crippen molar-refractivity contribution in [3.05, 3.63) is 76.1 Å². The van der Waals surface area contributed by atoms with Gasteiger partial charge in [-0.1, -0.05) is 29.9 Å². The van der Waals surface area contributed by atoms with E-state index in [0.717, 1.165) is 76.0 Å². The zero-order chi connectivity index (χ0) is 28.4.